The Morgan fingerprint density at radius 3 is 2.73 bits per heavy atom. The topological polar surface area (TPSA) is 113 Å². The van der Waals surface area contributed by atoms with E-state index in [1.807, 2.05) is 31.2 Å². The van der Waals surface area contributed by atoms with Gasteiger partial charge in [-0.1, -0.05) is 12.1 Å². The van der Waals surface area contributed by atoms with Crippen molar-refractivity contribution < 1.29 is 14.3 Å². The largest absolute Gasteiger partial charge is 0.495 e. The van der Waals surface area contributed by atoms with E-state index in [1.165, 1.54) is 15.6 Å². The normalized spacial score (nSPS) is 10.5. The van der Waals surface area contributed by atoms with Crippen molar-refractivity contribution in [3.63, 3.8) is 0 Å². The highest BCUT2D eigenvalue weighted by Gasteiger charge is 2.18. The van der Waals surface area contributed by atoms with E-state index < -0.39 is 5.91 Å². The van der Waals surface area contributed by atoms with Crippen molar-refractivity contribution in [3.8, 4) is 5.75 Å². The summed E-state index contributed by atoms with van der Waals surface area (Å²) in [5, 5.41) is 13.1. The summed E-state index contributed by atoms with van der Waals surface area (Å²) in [6, 6.07) is 9.22. The highest BCUT2D eigenvalue weighted by atomic mass is 16.5. The van der Waals surface area contributed by atoms with Gasteiger partial charge in [0.05, 0.1) is 25.5 Å². The van der Waals surface area contributed by atoms with E-state index in [1.54, 1.807) is 27.3 Å². The summed E-state index contributed by atoms with van der Waals surface area (Å²) in [4.78, 5) is 30.7. The minimum absolute atomic E-state index is 0.0987. The van der Waals surface area contributed by atoms with E-state index in [0.29, 0.717) is 29.6 Å². The van der Waals surface area contributed by atoms with E-state index in [0.717, 1.165) is 5.69 Å². The molecule has 0 saturated heterocycles. The zero-order chi connectivity index (χ0) is 21.7. The molecule has 3 N–H and O–H groups in total. The standard InChI is InChI=1S/C20H25N7O3/c1-5-26(3)18(28)12-22-20(29)13-11-23-27-17(21-2)10-16(25-19(13)27)24-14-8-6-7-9-15(14)30-4/h6-11,21H,5,12H2,1-4H3,(H,22,29)(H,24,25). The van der Waals surface area contributed by atoms with Gasteiger partial charge in [-0.05, 0) is 19.1 Å². The van der Waals surface area contributed by atoms with E-state index >= 15 is 0 Å². The van der Waals surface area contributed by atoms with Crippen LogP contribution in [0.3, 0.4) is 0 Å². The Hall–Kier alpha value is -3.82. The molecular formula is C20H25N7O3. The number of nitrogens with one attached hydrogen (secondary N) is 3. The number of anilines is 3. The van der Waals surface area contributed by atoms with Gasteiger partial charge in [0.2, 0.25) is 5.91 Å². The Kier molecular flexibility index (Phi) is 6.35. The number of hydrogen-bond acceptors (Lipinski definition) is 7. The molecule has 0 aliphatic heterocycles. The molecule has 3 aromatic rings. The zero-order valence-electron chi connectivity index (χ0n) is 17.4. The Balaban J connectivity index is 1.91. The summed E-state index contributed by atoms with van der Waals surface area (Å²) in [7, 11) is 5.02. The van der Waals surface area contributed by atoms with E-state index in [-0.39, 0.29) is 18.0 Å². The molecule has 10 heteroatoms. The van der Waals surface area contributed by atoms with Gasteiger partial charge in [-0.3, -0.25) is 9.59 Å². The summed E-state index contributed by atoms with van der Waals surface area (Å²) < 4.78 is 6.90. The number of aromatic nitrogens is 3. The number of methoxy groups -OCH3 is 1. The Bertz CT molecular complexity index is 1060. The lowest BCUT2D eigenvalue weighted by atomic mass is 10.3. The fourth-order valence-electron chi connectivity index (χ4n) is 2.81. The van der Waals surface area contributed by atoms with Gasteiger partial charge in [-0.15, -0.1) is 0 Å². The molecule has 30 heavy (non-hydrogen) atoms. The molecule has 3 rings (SSSR count). The van der Waals surface area contributed by atoms with Gasteiger partial charge < -0.3 is 25.6 Å². The fraction of sp³-hybridized carbons (Fsp3) is 0.300. The zero-order valence-corrected chi connectivity index (χ0v) is 17.4. The van der Waals surface area contributed by atoms with Gasteiger partial charge in [-0.2, -0.15) is 9.61 Å². The summed E-state index contributed by atoms with van der Waals surface area (Å²) >= 11 is 0. The van der Waals surface area contributed by atoms with Crippen LogP contribution in [-0.4, -0.2) is 65.6 Å². The lowest BCUT2D eigenvalue weighted by Crippen LogP contribution is -2.38. The summed E-state index contributed by atoms with van der Waals surface area (Å²) in [6.07, 6.45) is 1.43. The van der Waals surface area contributed by atoms with Crippen molar-refractivity contribution in [2.24, 2.45) is 0 Å². The number of nitrogens with zero attached hydrogens (tertiary/aromatic N) is 4. The molecule has 0 spiro atoms. The molecule has 2 aromatic heterocycles. The van der Waals surface area contributed by atoms with Crippen molar-refractivity contribution in [1.29, 1.82) is 0 Å². The molecule has 2 amide bonds. The van der Waals surface area contributed by atoms with Crippen molar-refractivity contribution in [2.45, 2.75) is 6.92 Å². The maximum Gasteiger partial charge on any atom is 0.257 e. The van der Waals surface area contributed by atoms with Gasteiger partial charge in [-0.25, -0.2) is 4.98 Å². The van der Waals surface area contributed by atoms with Crippen LogP contribution in [0.15, 0.2) is 36.5 Å². The van der Waals surface area contributed by atoms with Crippen molar-refractivity contribution in [3.05, 3.63) is 42.1 Å². The van der Waals surface area contributed by atoms with Crippen LogP contribution in [0.25, 0.3) is 5.65 Å². The molecule has 0 fully saturated rings. The molecule has 0 bridgehead atoms. The number of para-hydroxylation sites is 2. The smallest absolute Gasteiger partial charge is 0.257 e. The number of amides is 2. The number of fused-ring (bicyclic) bond motifs is 1. The molecule has 0 aliphatic rings. The minimum atomic E-state index is -0.424. The van der Waals surface area contributed by atoms with Crippen LogP contribution in [0.4, 0.5) is 17.3 Å². The van der Waals surface area contributed by atoms with Crippen LogP contribution < -0.4 is 20.7 Å². The Morgan fingerprint density at radius 1 is 1.27 bits per heavy atom. The molecule has 0 radical (unpaired) electrons. The second-order valence-corrected chi connectivity index (χ2v) is 6.49. The first-order valence-corrected chi connectivity index (χ1v) is 9.47. The van der Waals surface area contributed by atoms with Crippen LogP contribution >= 0.6 is 0 Å². The Morgan fingerprint density at radius 2 is 2.03 bits per heavy atom. The van der Waals surface area contributed by atoms with Gasteiger partial charge in [0, 0.05) is 26.7 Å². The summed E-state index contributed by atoms with van der Waals surface area (Å²) in [5.41, 5.74) is 1.35. The number of ether oxygens (including phenoxy) is 1. The molecule has 0 atom stereocenters. The van der Waals surface area contributed by atoms with Gasteiger partial charge in [0.15, 0.2) is 5.65 Å². The van der Waals surface area contributed by atoms with Crippen molar-refractivity contribution >= 4 is 34.8 Å². The molecule has 0 unspecified atom stereocenters. The highest BCUT2D eigenvalue weighted by molar-refractivity contribution is 6.01. The molecule has 10 nitrogen and oxygen atoms in total. The number of rotatable bonds is 8. The average Bonchev–Trinajstić information content (AvgIpc) is 3.20. The average molecular weight is 411 g/mol. The van der Waals surface area contributed by atoms with Crippen LogP contribution in [0.2, 0.25) is 0 Å². The second-order valence-electron chi connectivity index (χ2n) is 6.49. The summed E-state index contributed by atoms with van der Waals surface area (Å²) in [5.74, 6) is 1.21. The maximum absolute atomic E-state index is 12.7. The van der Waals surface area contributed by atoms with Crippen molar-refractivity contribution in [1.82, 2.24) is 24.8 Å². The van der Waals surface area contributed by atoms with Crippen LogP contribution in [-0.2, 0) is 4.79 Å². The summed E-state index contributed by atoms with van der Waals surface area (Å²) in [6.45, 7) is 2.33. The molecule has 158 valence electrons. The van der Waals surface area contributed by atoms with Crippen LogP contribution in [0, 0.1) is 0 Å². The van der Waals surface area contributed by atoms with Crippen LogP contribution in [0.1, 0.15) is 17.3 Å². The molecule has 0 aliphatic carbocycles. The van der Waals surface area contributed by atoms with Gasteiger partial charge in [0.25, 0.3) is 5.91 Å². The predicted octanol–water partition coefficient (Wildman–Crippen LogP) is 1.73. The Labute approximate surface area is 174 Å². The monoisotopic (exact) mass is 411 g/mol. The third-order valence-electron chi connectivity index (χ3n) is 4.64. The number of carbonyl (C=O) groups excluding carboxylic acids is 2. The van der Waals surface area contributed by atoms with E-state index in [4.69, 9.17) is 4.74 Å². The maximum atomic E-state index is 12.7. The SMILES string of the molecule is CCN(C)C(=O)CNC(=O)c1cnn2c(NC)cc(Nc3ccccc3OC)nc12. The first-order valence-electron chi connectivity index (χ1n) is 9.47. The first-order chi connectivity index (χ1) is 14.5. The number of hydrogen-bond donors (Lipinski definition) is 3. The lowest BCUT2D eigenvalue weighted by Gasteiger charge is -2.14. The van der Waals surface area contributed by atoms with Crippen molar-refractivity contribution in [2.75, 3.05) is 44.9 Å². The first kappa shape index (κ1) is 20.9. The number of carbonyl (C=O) groups is 2. The second kappa shape index (κ2) is 9.12. The molecule has 2 heterocycles. The fourth-order valence-corrected chi connectivity index (χ4v) is 2.81. The third kappa shape index (κ3) is 4.27. The molecule has 0 saturated carbocycles. The third-order valence-corrected chi connectivity index (χ3v) is 4.64. The number of benzene rings is 1. The minimum Gasteiger partial charge on any atom is -0.495 e. The molecular weight excluding hydrogens is 386 g/mol. The quantitative estimate of drug-likeness (QED) is 0.517. The lowest BCUT2D eigenvalue weighted by molar-refractivity contribution is -0.128. The highest BCUT2D eigenvalue weighted by Crippen LogP contribution is 2.28. The van der Waals surface area contributed by atoms with Gasteiger partial charge in [0.1, 0.15) is 22.9 Å². The van der Waals surface area contributed by atoms with Gasteiger partial charge >= 0.3 is 0 Å². The number of likely N-dealkylation sites (N-methyl/N-ethyl adjacent to an activating group) is 1. The van der Waals surface area contributed by atoms with E-state index in [2.05, 4.69) is 26.0 Å². The predicted molar refractivity (Wildman–Crippen MR) is 114 cm³/mol. The molecule has 1 aromatic carbocycles. The van der Waals surface area contributed by atoms with Crippen LogP contribution in [0.5, 0.6) is 5.75 Å². The van der Waals surface area contributed by atoms with E-state index in [9.17, 15) is 9.59 Å².